The Hall–Kier alpha value is -0.440. The number of hydrogen-bond acceptors (Lipinski definition) is 3. The second-order valence-corrected chi connectivity index (χ2v) is 8.17. The van der Waals surface area contributed by atoms with Gasteiger partial charge in [-0.05, 0) is 46.5 Å². The van der Waals surface area contributed by atoms with E-state index in [0.717, 1.165) is 5.56 Å². The van der Waals surface area contributed by atoms with Crippen molar-refractivity contribution in [3.8, 4) is 0 Å². The lowest BCUT2D eigenvalue weighted by Gasteiger charge is -2.19. The van der Waals surface area contributed by atoms with Crippen LogP contribution in [-0.2, 0) is 14.8 Å². The zero-order valence-corrected chi connectivity index (χ0v) is 15.3. The maximum Gasteiger partial charge on any atom is 0.242 e. The predicted octanol–water partition coefficient (Wildman–Crippen LogP) is 2.31. The summed E-state index contributed by atoms with van der Waals surface area (Å²) in [5, 5.41) is 0. The van der Waals surface area contributed by atoms with E-state index in [1.54, 1.807) is 19.9 Å². The van der Waals surface area contributed by atoms with Crippen molar-refractivity contribution in [2.24, 2.45) is 11.7 Å². The van der Waals surface area contributed by atoms with Gasteiger partial charge in [0.2, 0.25) is 15.9 Å². The molecule has 0 aromatic heterocycles. The summed E-state index contributed by atoms with van der Waals surface area (Å²) < 4.78 is 28.2. The van der Waals surface area contributed by atoms with E-state index in [1.165, 1.54) is 6.07 Å². The molecule has 0 saturated heterocycles. The monoisotopic (exact) mass is 426 g/mol. The van der Waals surface area contributed by atoms with E-state index in [4.69, 9.17) is 5.73 Å². The van der Waals surface area contributed by atoms with Crippen LogP contribution in [0.1, 0.15) is 19.4 Å². The Morgan fingerprint density at radius 1 is 1.25 bits per heavy atom. The van der Waals surface area contributed by atoms with E-state index in [1.807, 2.05) is 6.92 Å². The van der Waals surface area contributed by atoms with Crippen molar-refractivity contribution in [1.82, 2.24) is 4.72 Å². The Bertz CT molecular complexity index is 630. The van der Waals surface area contributed by atoms with Crippen molar-refractivity contribution in [2.75, 3.05) is 0 Å². The number of nitrogens with one attached hydrogen (secondary N) is 1. The zero-order chi connectivity index (χ0) is 15.7. The van der Waals surface area contributed by atoms with Crippen LogP contribution in [-0.4, -0.2) is 20.4 Å². The highest BCUT2D eigenvalue weighted by Crippen LogP contribution is 2.29. The first-order valence-corrected chi connectivity index (χ1v) is 8.90. The second-order valence-electron chi connectivity index (χ2n) is 4.78. The average Bonchev–Trinajstić information content (AvgIpc) is 2.30. The largest absolute Gasteiger partial charge is 0.368 e. The van der Waals surface area contributed by atoms with E-state index >= 15 is 0 Å². The van der Waals surface area contributed by atoms with Crippen LogP contribution in [0.2, 0.25) is 0 Å². The van der Waals surface area contributed by atoms with E-state index < -0.39 is 22.0 Å². The Morgan fingerprint density at radius 2 is 1.80 bits per heavy atom. The quantitative estimate of drug-likeness (QED) is 0.755. The summed E-state index contributed by atoms with van der Waals surface area (Å²) in [5.41, 5.74) is 6.12. The minimum absolute atomic E-state index is 0.0573. The van der Waals surface area contributed by atoms with Gasteiger partial charge in [0.15, 0.2) is 0 Å². The van der Waals surface area contributed by atoms with Crippen molar-refractivity contribution in [2.45, 2.75) is 31.7 Å². The molecule has 0 saturated carbocycles. The third-order valence-corrected chi connectivity index (χ3v) is 6.01. The number of benzene rings is 1. The van der Waals surface area contributed by atoms with E-state index in [0.29, 0.717) is 8.95 Å². The Balaban J connectivity index is 3.24. The van der Waals surface area contributed by atoms with Crippen LogP contribution < -0.4 is 10.5 Å². The van der Waals surface area contributed by atoms with E-state index in [9.17, 15) is 13.2 Å². The van der Waals surface area contributed by atoms with Crippen molar-refractivity contribution in [1.29, 1.82) is 0 Å². The minimum Gasteiger partial charge on any atom is -0.368 e. The third kappa shape index (κ3) is 4.03. The van der Waals surface area contributed by atoms with Crippen LogP contribution in [0.5, 0.6) is 0 Å². The fourth-order valence-electron chi connectivity index (χ4n) is 1.59. The summed E-state index contributed by atoms with van der Waals surface area (Å²) in [5.74, 6) is -0.944. The number of carbonyl (C=O) groups is 1. The first kappa shape index (κ1) is 17.6. The molecule has 1 aromatic carbocycles. The van der Waals surface area contributed by atoms with Crippen molar-refractivity contribution in [3.63, 3.8) is 0 Å². The molecule has 1 amide bonds. The molecule has 1 rings (SSSR count). The Kier molecular flexibility index (Phi) is 5.77. The number of primary amides is 1. The maximum absolute atomic E-state index is 12.4. The van der Waals surface area contributed by atoms with Gasteiger partial charge in [0.25, 0.3) is 0 Å². The van der Waals surface area contributed by atoms with Crippen LogP contribution in [0.4, 0.5) is 0 Å². The predicted molar refractivity (Wildman–Crippen MR) is 84.7 cm³/mol. The molecule has 0 spiro atoms. The molecular weight excluding hydrogens is 412 g/mol. The van der Waals surface area contributed by atoms with Gasteiger partial charge in [-0.1, -0.05) is 29.8 Å². The number of rotatable bonds is 5. The molecule has 0 bridgehead atoms. The summed E-state index contributed by atoms with van der Waals surface area (Å²) in [6.07, 6.45) is 0. The molecule has 20 heavy (non-hydrogen) atoms. The summed E-state index contributed by atoms with van der Waals surface area (Å²) in [6, 6.07) is 2.22. The molecule has 0 radical (unpaired) electrons. The van der Waals surface area contributed by atoms with E-state index in [-0.39, 0.29) is 10.8 Å². The Morgan fingerprint density at radius 3 is 2.25 bits per heavy atom. The van der Waals surface area contributed by atoms with Gasteiger partial charge in [0.05, 0.1) is 4.90 Å². The zero-order valence-electron chi connectivity index (χ0n) is 11.3. The third-order valence-electron chi connectivity index (χ3n) is 2.76. The SMILES string of the molecule is Cc1cc(Br)c(S(=O)(=O)NC(C(N)=O)C(C)C)cc1Br. The normalized spacial score (nSPS) is 13.5. The standard InChI is InChI=1S/C12H16Br2N2O3S/c1-6(2)11(12(15)17)16-20(18,19)10-5-8(13)7(3)4-9(10)14/h4-6,11,16H,1-3H3,(H2,15,17). The molecule has 112 valence electrons. The fourth-order valence-corrected chi connectivity index (χ4v) is 4.62. The van der Waals surface area contributed by atoms with E-state index in [2.05, 4.69) is 36.6 Å². The smallest absolute Gasteiger partial charge is 0.242 e. The van der Waals surface area contributed by atoms with Gasteiger partial charge in [-0.25, -0.2) is 8.42 Å². The molecule has 0 aliphatic carbocycles. The average molecular weight is 428 g/mol. The highest BCUT2D eigenvalue weighted by molar-refractivity contribution is 9.11. The lowest BCUT2D eigenvalue weighted by Crippen LogP contribution is -2.47. The lowest BCUT2D eigenvalue weighted by atomic mass is 10.1. The van der Waals surface area contributed by atoms with Crippen molar-refractivity contribution < 1.29 is 13.2 Å². The number of hydrogen-bond donors (Lipinski definition) is 2. The Labute approximate surface area is 135 Å². The number of carbonyl (C=O) groups excluding carboxylic acids is 1. The highest BCUT2D eigenvalue weighted by Gasteiger charge is 2.28. The number of sulfonamides is 1. The first-order chi connectivity index (χ1) is 9.06. The minimum atomic E-state index is -3.85. The van der Waals surface area contributed by atoms with Gasteiger partial charge < -0.3 is 5.73 Å². The van der Waals surface area contributed by atoms with Crippen LogP contribution >= 0.6 is 31.9 Å². The molecule has 5 nitrogen and oxygen atoms in total. The van der Waals surface area contributed by atoms with Gasteiger partial charge in [-0.2, -0.15) is 4.72 Å². The van der Waals surface area contributed by atoms with Gasteiger partial charge >= 0.3 is 0 Å². The number of amides is 1. The molecule has 1 aromatic rings. The van der Waals surface area contributed by atoms with Gasteiger partial charge in [-0.3, -0.25) is 4.79 Å². The van der Waals surface area contributed by atoms with Crippen LogP contribution in [0.25, 0.3) is 0 Å². The van der Waals surface area contributed by atoms with Crippen molar-refractivity contribution >= 4 is 47.8 Å². The van der Waals surface area contributed by atoms with Crippen LogP contribution in [0, 0.1) is 12.8 Å². The van der Waals surface area contributed by atoms with Crippen LogP contribution in [0.15, 0.2) is 26.0 Å². The molecule has 0 heterocycles. The van der Waals surface area contributed by atoms with Gasteiger partial charge in [-0.15, -0.1) is 0 Å². The molecule has 0 aliphatic rings. The van der Waals surface area contributed by atoms with Crippen LogP contribution in [0.3, 0.4) is 0 Å². The van der Waals surface area contributed by atoms with Crippen molar-refractivity contribution in [3.05, 3.63) is 26.6 Å². The molecule has 8 heteroatoms. The fraction of sp³-hybridized carbons (Fsp3) is 0.417. The highest BCUT2D eigenvalue weighted by atomic mass is 79.9. The number of halogens is 2. The molecular formula is C12H16Br2N2O3S. The summed E-state index contributed by atoms with van der Waals surface area (Å²) in [4.78, 5) is 11.4. The van der Waals surface area contributed by atoms with Gasteiger partial charge in [0.1, 0.15) is 6.04 Å². The second kappa shape index (κ2) is 6.55. The summed E-state index contributed by atoms with van der Waals surface area (Å²) in [6.45, 7) is 5.29. The number of aryl methyl sites for hydroxylation is 1. The molecule has 0 aliphatic heterocycles. The topological polar surface area (TPSA) is 89.3 Å². The first-order valence-electron chi connectivity index (χ1n) is 5.83. The maximum atomic E-state index is 12.4. The molecule has 3 N–H and O–H groups in total. The molecule has 1 unspecified atom stereocenters. The lowest BCUT2D eigenvalue weighted by molar-refractivity contribution is -0.120. The summed E-state index contributed by atoms with van der Waals surface area (Å²) >= 11 is 6.52. The molecule has 1 atom stereocenters. The summed E-state index contributed by atoms with van der Waals surface area (Å²) in [7, 11) is -3.85. The number of nitrogens with two attached hydrogens (primary N) is 1. The molecule has 0 fully saturated rings. The van der Waals surface area contributed by atoms with Gasteiger partial charge in [0, 0.05) is 8.95 Å².